The van der Waals surface area contributed by atoms with Crippen LogP contribution >= 0.6 is 11.8 Å². The molecular formula is C25H31N3O3S. The predicted molar refractivity (Wildman–Crippen MR) is 128 cm³/mol. The topological polar surface area (TPSA) is 62.2 Å². The number of likely N-dealkylation sites (tertiary alicyclic amines) is 1. The lowest BCUT2D eigenvalue weighted by atomic mass is 9.91. The van der Waals surface area contributed by atoms with E-state index in [0.717, 1.165) is 48.1 Å². The molecule has 3 heterocycles. The first-order valence-electron chi connectivity index (χ1n) is 11.4. The molecule has 3 aliphatic heterocycles. The van der Waals surface area contributed by atoms with E-state index >= 15 is 0 Å². The Kier molecular flexibility index (Phi) is 6.74. The standard InChI is InChI=1S/C25H31N3O3S/c1-5-20-22(24(30)31-4)23(18-10-8-17(9-11-18)16(2)3)28-19(15-32-25(28)26-20)14-21(29)27-12-6-7-13-27/h8-11,15-16,23H,5-7,12-14H2,1-4H3. The number of carbonyl (C=O) groups is 2. The van der Waals surface area contributed by atoms with Crippen LogP contribution in [0.3, 0.4) is 0 Å². The van der Waals surface area contributed by atoms with Gasteiger partial charge < -0.3 is 14.5 Å². The van der Waals surface area contributed by atoms with E-state index in [-0.39, 0.29) is 17.9 Å². The largest absolute Gasteiger partial charge is 0.466 e. The number of esters is 1. The Morgan fingerprint density at radius 3 is 2.47 bits per heavy atom. The Hall–Kier alpha value is -2.54. The van der Waals surface area contributed by atoms with Gasteiger partial charge in [0.25, 0.3) is 0 Å². The number of rotatable bonds is 6. The van der Waals surface area contributed by atoms with Crippen LogP contribution in [0.25, 0.3) is 0 Å². The number of methoxy groups -OCH3 is 1. The summed E-state index contributed by atoms with van der Waals surface area (Å²) in [6.45, 7) is 7.98. The maximum Gasteiger partial charge on any atom is 0.338 e. The quantitative estimate of drug-likeness (QED) is 0.570. The maximum absolute atomic E-state index is 12.9. The number of aliphatic imine (C=N–C) groups is 1. The van der Waals surface area contributed by atoms with Gasteiger partial charge in [0.15, 0.2) is 5.17 Å². The number of amidine groups is 1. The monoisotopic (exact) mass is 453 g/mol. The molecule has 0 aliphatic carbocycles. The molecule has 1 atom stereocenters. The molecule has 0 aromatic heterocycles. The SMILES string of the molecule is CCC1=C(C(=O)OC)C(c2ccc(C(C)C)cc2)N2C(CC(=O)N3CCCC3)=CSC2=N1. The highest BCUT2D eigenvalue weighted by Gasteiger charge is 2.41. The number of carbonyl (C=O) groups excluding carboxylic acids is 2. The van der Waals surface area contributed by atoms with Gasteiger partial charge in [-0.25, -0.2) is 9.79 Å². The first-order valence-corrected chi connectivity index (χ1v) is 12.2. The van der Waals surface area contributed by atoms with Crippen molar-refractivity contribution in [2.24, 2.45) is 4.99 Å². The molecule has 3 aliphatic rings. The summed E-state index contributed by atoms with van der Waals surface area (Å²) in [5.41, 5.74) is 4.43. The first kappa shape index (κ1) is 22.6. The van der Waals surface area contributed by atoms with Crippen molar-refractivity contribution in [3.05, 3.63) is 57.8 Å². The molecule has 4 rings (SSSR count). The van der Waals surface area contributed by atoms with Gasteiger partial charge in [-0.3, -0.25) is 4.79 Å². The lowest BCUT2D eigenvalue weighted by Gasteiger charge is -2.37. The number of benzene rings is 1. The van der Waals surface area contributed by atoms with Gasteiger partial charge in [0, 0.05) is 18.8 Å². The average molecular weight is 454 g/mol. The van der Waals surface area contributed by atoms with Gasteiger partial charge in [-0.15, -0.1) is 0 Å². The van der Waals surface area contributed by atoms with E-state index in [9.17, 15) is 9.59 Å². The number of allylic oxidation sites excluding steroid dienone is 1. The molecule has 0 spiro atoms. The minimum Gasteiger partial charge on any atom is -0.466 e. The number of nitrogens with zero attached hydrogens (tertiary/aromatic N) is 3. The summed E-state index contributed by atoms with van der Waals surface area (Å²) in [6, 6.07) is 8.05. The van der Waals surface area contributed by atoms with Crippen molar-refractivity contribution in [3.8, 4) is 0 Å². The third-order valence-corrected chi connectivity index (χ3v) is 7.23. The molecule has 6 nitrogen and oxygen atoms in total. The van der Waals surface area contributed by atoms with E-state index in [1.807, 2.05) is 17.2 Å². The molecule has 0 radical (unpaired) electrons. The first-order chi connectivity index (χ1) is 15.4. The van der Waals surface area contributed by atoms with Gasteiger partial charge in [0.05, 0.1) is 30.8 Å². The number of amides is 1. The van der Waals surface area contributed by atoms with Gasteiger partial charge in [-0.05, 0) is 41.7 Å². The van der Waals surface area contributed by atoms with Crippen molar-refractivity contribution >= 4 is 28.8 Å². The highest BCUT2D eigenvalue weighted by Crippen LogP contribution is 2.45. The molecule has 0 N–H and O–H groups in total. The number of hydrogen-bond acceptors (Lipinski definition) is 6. The maximum atomic E-state index is 12.9. The normalized spacial score (nSPS) is 20.5. The minimum atomic E-state index is -0.371. The van der Waals surface area contributed by atoms with Crippen molar-refractivity contribution in [1.82, 2.24) is 9.80 Å². The summed E-state index contributed by atoms with van der Waals surface area (Å²) in [7, 11) is 1.41. The van der Waals surface area contributed by atoms with Crippen LogP contribution in [-0.2, 0) is 14.3 Å². The fourth-order valence-electron chi connectivity index (χ4n) is 4.52. The molecule has 1 aromatic carbocycles. The minimum absolute atomic E-state index is 0.134. The zero-order valence-corrected chi connectivity index (χ0v) is 20.1. The average Bonchev–Trinajstić information content (AvgIpc) is 3.48. The van der Waals surface area contributed by atoms with Crippen molar-refractivity contribution in [2.45, 2.75) is 58.4 Å². The van der Waals surface area contributed by atoms with Crippen LogP contribution in [0.2, 0.25) is 0 Å². The second-order valence-electron chi connectivity index (χ2n) is 8.69. The van der Waals surface area contributed by atoms with Crippen LogP contribution in [-0.4, -0.2) is 47.0 Å². The van der Waals surface area contributed by atoms with Crippen molar-refractivity contribution in [1.29, 1.82) is 0 Å². The van der Waals surface area contributed by atoms with Gasteiger partial charge in [0.1, 0.15) is 0 Å². The predicted octanol–water partition coefficient (Wildman–Crippen LogP) is 4.96. The molecule has 170 valence electrons. The third kappa shape index (κ3) is 4.22. The van der Waals surface area contributed by atoms with E-state index in [0.29, 0.717) is 24.3 Å². The molecule has 0 bridgehead atoms. The Labute approximate surface area is 194 Å². The van der Waals surface area contributed by atoms with Crippen LogP contribution in [0.4, 0.5) is 0 Å². The van der Waals surface area contributed by atoms with Gasteiger partial charge in [-0.1, -0.05) is 56.8 Å². The molecule has 1 saturated heterocycles. The summed E-state index contributed by atoms with van der Waals surface area (Å²) in [6.07, 6.45) is 3.07. The summed E-state index contributed by atoms with van der Waals surface area (Å²) >= 11 is 1.52. The van der Waals surface area contributed by atoms with E-state index < -0.39 is 0 Å². The number of hydrogen-bond donors (Lipinski definition) is 0. The van der Waals surface area contributed by atoms with Crippen molar-refractivity contribution in [2.75, 3.05) is 20.2 Å². The van der Waals surface area contributed by atoms with Crippen molar-refractivity contribution in [3.63, 3.8) is 0 Å². The van der Waals surface area contributed by atoms with E-state index in [2.05, 4.69) is 43.0 Å². The molecule has 1 unspecified atom stereocenters. The number of ether oxygens (including phenoxy) is 1. The summed E-state index contributed by atoms with van der Waals surface area (Å²) < 4.78 is 5.19. The molecule has 0 saturated carbocycles. The Morgan fingerprint density at radius 1 is 1.19 bits per heavy atom. The molecule has 1 amide bonds. The zero-order chi connectivity index (χ0) is 22.8. The summed E-state index contributed by atoms with van der Waals surface area (Å²) in [4.78, 5) is 34.7. The fourth-order valence-corrected chi connectivity index (χ4v) is 5.46. The zero-order valence-electron chi connectivity index (χ0n) is 19.3. The summed E-state index contributed by atoms with van der Waals surface area (Å²) in [5.74, 6) is 0.185. The van der Waals surface area contributed by atoms with Crippen LogP contribution in [0.5, 0.6) is 0 Å². The lowest BCUT2D eigenvalue weighted by molar-refractivity contribution is -0.136. The molecular weight excluding hydrogens is 422 g/mol. The summed E-state index contributed by atoms with van der Waals surface area (Å²) in [5, 5.41) is 2.83. The van der Waals surface area contributed by atoms with Crippen LogP contribution in [0.15, 0.2) is 51.6 Å². The van der Waals surface area contributed by atoms with Crippen LogP contribution < -0.4 is 0 Å². The Morgan fingerprint density at radius 2 is 1.88 bits per heavy atom. The van der Waals surface area contributed by atoms with Crippen LogP contribution in [0, 0.1) is 0 Å². The van der Waals surface area contributed by atoms with E-state index in [4.69, 9.17) is 9.73 Å². The molecule has 1 fully saturated rings. The van der Waals surface area contributed by atoms with E-state index in [1.54, 1.807) is 0 Å². The second kappa shape index (κ2) is 9.53. The van der Waals surface area contributed by atoms with Gasteiger partial charge in [-0.2, -0.15) is 0 Å². The molecule has 32 heavy (non-hydrogen) atoms. The fraction of sp³-hybridized carbons (Fsp3) is 0.480. The second-order valence-corrected chi connectivity index (χ2v) is 9.52. The van der Waals surface area contributed by atoms with Crippen molar-refractivity contribution < 1.29 is 14.3 Å². The van der Waals surface area contributed by atoms with E-state index in [1.165, 1.54) is 24.4 Å². The molecule has 1 aromatic rings. The third-order valence-electron chi connectivity index (χ3n) is 6.34. The lowest BCUT2D eigenvalue weighted by Crippen LogP contribution is -2.38. The van der Waals surface area contributed by atoms with Gasteiger partial charge >= 0.3 is 5.97 Å². The number of fused-ring (bicyclic) bond motifs is 1. The molecule has 7 heteroatoms. The highest BCUT2D eigenvalue weighted by atomic mass is 32.2. The Balaban J connectivity index is 1.74. The smallest absolute Gasteiger partial charge is 0.338 e. The van der Waals surface area contributed by atoms with Crippen LogP contribution in [0.1, 0.15) is 69.5 Å². The number of thioether (sulfide) groups is 1. The van der Waals surface area contributed by atoms with Gasteiger partial charge in [0.2, 0.25) is 5.91 Å². The Bertz CT molecular complexity index is 988. The highest BCUT2D eigenvalue weighted by molar-refractivity contribution is 8.16.